The zero-order valence-electron chi connectivity index (χ0n) is 42.6. The van der Waals surface area contributed by atoms with Gasteiger partial charge in [-0.05, 0) is 86.6 Å². The van der Waals surface area contributed by atoms with Crippen molar-refractivity contribution < 1.29 is 48.0 Å². The Morgan fingerprint density at radius 2 is 0.951 bits per heavy atom. The van der Waals surface area contributed by atoms with Gasteiger partial charge in [-0.25, -0.2) is 55.3 Å². The second kappa shape index (κ2) is 21.8. The van der Waals surface area contributed by atoms with Crippen LogP contribution in [0.2, 0.25) is 0 Å². The van der Waals surface area contributed by atoms with E-state index >= 15 is 0 Å². The molecule has 4 heterocycles. The van der Waals surface area contributed by atoms with Crippen molar-refractivity contribution in [2.45, 2.75) is 36.0 Å². The van der Waals surface area contributed by atoms with Crippen molar-refractivity contribution >= 4 is 37.3 Å². The van der Waals surface area contributed by atoms with E-state index < -0.39 is 87.3 Å². The van der Waals surface area contributed by atoms with Crippen molar-refractivity contribution in [2.24, 2.45) is 19.2 Å². The Morgan fingerprint density at radius 3 is 1.33 bits per heavy atom. The maximum atomic E-state index is 13.7. The lowest BCUT2D eigenvalue weighted by Gasteiger charge is -2.18. The third kappa shape index (κ3) is 11.1. The molecule has 0 saturated carbocycles. The van der Waals surface area contributed by atoms with E-state index in [1.54, 1.807) is 6.07 Å². The zero-order chi connectivity index (χ0) is 60.0. The minimum atomic E-state index is -4.76. The molecule has 418 valence electrons. The minimum absolute atomic E-state index is 0.0231. The van der Waals surface area contributed by atoms with Gasteiger partial charge in [-0.2, -0.15) is 36.5 Å². The van der Waals surface area contributed by atoms with E-state index in [4.69, 9.17) is 18.3 Å². The molecule has 0 atom stereocenters. The molecule has 9 rings (SSSR count). The Balaban J connectivity index is 0.000000219. The average Bonchev–Trinajstić information content (AvgIpc) is 4.28. The first-order valence-corrected chi connectivity index (χ1v) is 26.3. The number of benzene rings is 5. The molecule has 0 spiro atoms. The number of carbonyl (C=O) groups is 1. The highest BCUT2D eigenvalue weighted by atomic mass is 32.2. The van der Waals surface area contributed by atoms with Gasteiger partial charge in [0, 0.05) is 31.0 Å². The number of primary sulfonamides is 1. The van der Waals surface area contributed by atoms with Crippen molar-refractivity contribution in [1.29, 1.82) is 0 Å². The van der Waals surface area contributed by atoms with Crippen molar-refractivity contribution in [3.63, 3.8) is 0 Å². The van der Waals surface area contributed by atoms with E-state index in [9.17, 15) is 67.2 Å². The molecule has 0 fully saturated rings. The summed E-state index contributed by atoms with van der Waals surface area (Å²) in [7, 11) is -7.02. The lowest BCUT2D eigenvalue weighted by molar-refractivity contribution is -0.138. The molecule has 0 aliphatic rings. The number of amides is 1. The molecule has 0 unspecified atom stereocenters. The molecule has 21 nitrogen and oxygen atoms in total. The van der Waals surface area contributed by atoms with Crippen LogP contribution in [-0.4, -0.2) is 60.6 Å². The smallest absolute Gasteiger partial charge is 0.268 e. The second-order valence-corrected chi connectivity index (χ2v) is 20.8. The fourth-order valence-corrected chi connectivity index (χ4v) is 10.3. The summed E-state index contributed by atoms with van der Waals surface area (Å²) in [6.45, 7) is 16.9. The Hall–Kier alpha value is -10.2. The van der Waals surface area contributed by atoms with Crippen LogP contribution >= 0.6 is 0 Å². The van der Waals surface area contributed by atoms with Crippen LogP contribution < -0.4 is 32.4 Å². The quantitative estimate of drug-likeness (QED) is 0.101. The molecule has 0 aliphatic heterocycles. The van der Waals surface area contributed by atoms with E-state index in [0.717, 1.165) is 81.4 Å². The molecule has 0 bridgehead atoms. The van der Waals surface area contributed by atoms with Crippen LogP contribution in [0.5, 0.6) is 0 Å². The summed E-state index contributed by atoms with van der Waals surface area (Å²) < 4.78 is 140. The molecule has 3 N–H and O–H groups in total. The molecule has 82 heavy (non-hydrogen) atoms. The summed E-state index contributed by atoms with van der Waals surface area (Å²) in [5.41, 5.74) is -7.07. The van der Waals surface area contributed by atoms with E-state index in [2.05, 4.69) is 19.9 Å². The lowest BCUT2D eigenvalue weighted by atomic mass is 10.1. The lowest BCUT2D eigenvalue weighted by Crippen LogP contribution is -2.40. The number of alkyl halides is 6. The first kappa shape index (κ1) is 57.9. The summed E-state index contributed by atoms with van der Waals surface area (Å²) >= 11 is 0. The largest absolute Gasteiger partial charge is 0.416 e. The summed E-state index contributed by atoms with van der Waals surface area (Å²) in [5.74, 6) is -0.978. The molecule has 4 aromatic heterocycles. The number of carbonyl (C=O) groups excluding carboxylic acids is 1. The molecule has 0 radical (unpaired) electrons. The SMILES string of the molecule is [C-]#[N+]c1ccc(-n2ncc(S(=O)(=O)NC(=O)c3ccccc3)c2-c2c(C)n(-c3cccc(C(F)(F)F)c3)c(=O)n(C)c2=O)cc1.[C-]#[N+]c1ccc(-n2ncc(S(N)(=O)=O)c2-c2c(C)n(-c3cccc(C(F)(F)F)c3)c(=O)n(C)c2=O)cc1. The fourth-order valence-electron chi connectivity index (χ4n) is 8.51. The Labute approximate surface area is 459 Å². The third-order valence-electron chi connectivity index (χ3n) is 12.5. The van der Waals surface area contributed by atoms with Gasteiger partial charge >= 0.3 is 23.7 Å². The second-order valence-electron chi connectivity index (χ2n) is 17.6. The maximum absolute atomic E-state index is 13.7. The van der Waals surface area contributed by atoms with Gasteiger partial charge in [-0.15, -0.1) is 0 Å². The van der Waals surface area contributed by atoms with Gasteiger partial charge in [0.1, 0.15) is 21.2 Å². The van der Waals surface area contributed by atoms with E-state index in [0.29, 0.717) is 9.13 Å². The maximum Gasteiger partial charge on any atom is 0.416 e. The standard InChI is InChI=1S/C30H21F3N6O5S.C23H17F3N6O4S/c1-18-25(28(41)37(3)29(42)38(18)23-11-7-10-20(16-23)30(31,32)33)26-24(17-35-39(26)22-14-12-21(34-2)13-15-22)45(43,44)36-27(40)19-8-5-4-6-9-19;1-13-19(20-18(37(27,35)36)12-29-32(20)16-9-7-15(28-2)8-10-16)21(33)30(3)22(34)31(13)17-6-4-5-14(11-17)23(24,25)26/h4-17H,1,3H3,(H,36,40);4-12H,1,3H3,(H2,27,35,36). The Kier molecular flexibility index (Phi) is 15.4. The number of nitrogens with two attached hydrogens (primary N) is 1. The molecule has 0 aliphatic carbocycles. The number of halogens is 6. The average molecular weight is 1170 g/mol. The highest BCUT2D eigenvalue weighted by molar-refractivity contribution is 7.90. The predicted octanol–water partition coefficient (Wildman–Crippen LogP) is 7.30. The van der Waals surface area contributed by atoms with Gasteiger partial charge in [0.2, 0.25) is 10.0 Å². The van der Waals surface area contributed by atoms with Gasteiger partial charge in [-0.1, -0.05) is 54.6 Å². The zero-order valence-corrected chi connectivity index (χ0v) is 44.2. The van der Waals surface area contributed by atoms with Gasteiger partial charge in [0.15, 0.2) is 11.4 Å². The highest BCUT2D eigenvalue weighted by Crippen LogP contribution is 2.35. The minimum Gasteiger partial charge on any atom is -0.268 e. The van der Waals surface area contributed by atoms with Crippen LogP contribution in [0.4, 0.5) is 37.7 Å². The highest BCUT2D eigenvalue weighted by Gasteiger charge is 2.35. The summed E-state index contributed by atoms with van der Waals surface area (Å²) in [5, 5.41) is 13.6. The van der Waals surface area contributed by atoms with Crippen molar-refractivity contribution in [3.8, 4) is 45.3 Å². The Bertz CT molecular complexity index is 4630. The predicted molar refractivity (Wildman–Crippen MR) is 284 cm³/mol. The van der Waals surface area contributed by atoms with Crippen LogP contribution in [0.25, 0.3) is 55.0 Å². The monoisotopic (exact) mass is 1160 g/mol. The topological polar surface area (TPSA) is 256 Å². The van der Waals surface area contributed by atoms with Crippen molar-refractivity contribution in [1.82, 2.24) is 42.6 Å². The van der Waals surface area contributed by atoms with Gasteiger partial charge < -0.3 is 0 Å². The molecular formula is C53H38F6N12O9S2. The first-order valence-electron chi connectivity index (χ1n) is 23.3. The normalized spacial score (nSPS) is 11.8. The van der Waals surface area contributed by atoms with Crippen LogP contribution in [0, 0.1) is 27.0 Å². The third-order valence-corrected chi connectivity index (χ3v) is 14.7. The molecule has 5 aromatic carbocycles. The van der Waals surface area contributed by atoms with Gasteiger partial charge in [-0.3, -0.25) is 32.7 Å². The van der Waals surface area contributed by atoms with Crippen LogP contribution in [0.15, 0.2) is 169 Å². The molecular weight excluding hydrogens is 1130 g/mol. The van der Waals surface area contributed by atoms with Crippen molar-refractivity contribution in [2.75, 3.05) is 0 Å². The number of rotatable bonds is 10. The summed E-state index contributed by atoms with van der Waals surface area (Å²) in [6, 6.07) is 26.8. The summed E-state index contributed by atoms with van der Waals surface area (Å²) in [4.78, 5) is 71.7. The van der Waals surface area contributed by atoms with Gasteiger partial charge in [0.05, 0.1) is 70.5 Å². The van der Waals surface area contributed by atoms with E-state index in [1.165, 1.54) is 98.8 Å². The number of nitrogens with zero attached hydrogens (tertiary/aromatic N) is 10. The van der Waals surface area contributed by atoms with Crippen molar-refractivity contribution in [3.05, 3.63) is 232 Å². The molecule has 29 heteroatoms. The first-order chi connectivity index (χ1) is 38.5. The number of hydrogen-bond donors (Lipinski definition) is 2. The van der Waals surface area contributed by atoms with E-state index in [1.807, 2.05) is 4.72 Å². The fraction of sp³-hybridized carbons (Fsp3) is 0.113. The van der Waals surface area contributed by atoms with E-state index in [-0.39, 0.29) is 68.0 Å². The van der Waals surface area contributed by atoms with Crippen LogP contribution in [-0.2, 0) is 46.5 Å². The number of hydrogen-bond acceptors (Lipinski definition) is 11. The summed E-state index contributed by atoms with van der Waals surface area (Å²) in [6.07, 6.45) is -7.62. The molecule has 1 amide bonds. The van der Waals surface area contributed by atoms with Gasteiger partial charge in [0.25, 0.3) is 27.0 Å². The number of sulfonamides is 2. The van der Waals surface area contributed by atoms with Crippen LogP contribution in [0.3, 0.4) is 0 Å². The number of nitrogens with one attached hydrogen (secondary N) is 1. The molecule has 9 aromatic rings. The Morgan fingerprint density at radius 1 is 0.561 bits per heavy atom. The molecule has 0 saturated heterocycles. The number of aromatic nitrogens is 8. The van der Waals surface area contributed by atoms with Crippen LogP contribution in [0.1, 0.15) is 32.9 Å².